The van der Waals surface area contributed by atoms with Gasteiger partial charge in [0.25, 0.3) is 0 Å². The van der Waals surface area contributed by atoms with Gasteiger partial charge in [0.15, 0.2) is 0 Å². The molecule has 1 N–H and O–H groups in total. The molecule has 5 heteroatoms. The fourth-order valence-corrected chi connectivity index (χ4v) is 2.93. The molecule has 0 bridgehead atoms. The Morgan fingerprint density at radius 2 is 1.64 bits per heavy atom. The Hall–Kier alpha value is -2.66. The highest BCUT2D eigenvalue weighted by Gasteiger charge is 2.19. The third-order valence-electron chi connectivity index (χ3n) is 4.07. The van der Waals surface area contributed by atoms with E-state index < -0.39 is 0 Å². The highest BCUT2D eigenvalue weighted by atomic mass is 16.5. The number of aliphatic hydroxyl groups is 1. The lowest BCUT2D eigenvalue weighted by Gasteiger charge is -2.13. The standard InChI is InChI=1S/C20H22O5/c1-12(21)7-13-5-6-16-14(8-13)9-19(25-16)20-17(23-3)10-15(22-2)11-18(20)24-4/h5-6,8-12,21H,7H2,1-4H3. The smallest absolute Gasteiger partial charge is 0.142 e. The highest BCUT2D eigenvalue weighted by molar-refractivity contribution is 5.86. The summed E-state index contributed by atoms with van der Waals surface area (Å²) in [5, 5.41) is 10.5. The zero-order valence-electron chi connectivity index (χ0n) is 14.8. The fourth-order valence-electron chi connectivity index (χ4n) is 2.93. The first kappa shape index (κ1) is 17.2. The summed E-state index contributed by atoms with van der Waals surface area (Å²) in [7, 11) is 4.79. The molecule has 1 atom stereocenters. The predicted octanol–water partition coefficient (Wildman–Crippen LogP) is 4.05. The first-order valence-electron chi connectivity index (χ1n) is 8.06. The minimum Gasteiger partial charge on any atom is -0.496 e. The van der Waals surface area contributed by atoms with E-state index in [0.29, 0.717) is 29.4 Å². The van der Waals surface area contributed by atoms with Crippen molar-refractivity contribution in [1.82, 2.24) is 0 Å². The maximum Gasteiger partial charge on any atom is 0.142 e. The Morgan fingerprint density at radius 1 is 0.960 bits per heavy atom. The normalized spacial score (nSPS) is 12.2. The van der Waals surface area contributed by atoms with E-state index in [0.717, 1.165) is 22.1 Å². The van der Waals surface area contributed by atoms with Crippen LogP contribution >= 0.6 is 0 Å². The molecular formula is C20H22O5. The molecule has 3 aromatic rings. The first-order chi connectivity index (χ1) is 12.0. The molecule has 132 valence electrons. The van der Waals surface area contributed by atoms with Crippen LogP contribution in [-0.2, 0) is 6.42 Å². The second-order valence-electron chi connectivity index (χ2n) is 5.94. The lowest BCUT2D eigenvalue weighted by Crippen LogP contribution is -2.03. The summed E-state index contributed by atoms with van der Waals surface area (Å²) in [6, 6.07) is 11.4. The number of hydrogen-bond donors (Lipinski definition) is 1. The molecule has 2 aromatic carbocycles. The molecule has 25 heavy (non-hydrogen) atoms. The van der Waals surface area contributed by atoms with Gasteiger partial charge in [-0.15, -0.1) is 0 Å². The quantitative estimate of drug-likeness (QED) is 0.732. The minimum absolute atomic E-state index is 0.384. The second kappa shape index (κ2) is 7.07. The van der Waals surface area contributed by atoms with Crippen LogP contribution < -0.4 is 14.2 Å². The van der Waals surface area contributed by atoms with E-state index in [1.165, 1.54) is 0 Å². The van der Waals surface area contributed by atoms with Gasteiger partial charge in [0, 0.05) is 17.5 Å². The lowest BCUT2D eigenvalue weighted by molar-refractivity contribution is 0.195. The third-order valence-corrected chi connectivity index (χ3v) is 4.07. The van der Waals surface area contributed by atoms with Crippen molar-refractivity contribution >= 4 is 11.0 Å². The number of methoxy groups -OCH3 is 3. The van der Waals surface area contributed by atoms with Crippen LogP contribution in [0, 0.1) is 0 Å². The van der Waals surface area contributed by atoms with E-state index in [1.54, 1.807) is 40.4 Å². The molecule has 3 rings (SSSR count). The Bertz CT molecular complexity index is 854. The largest absolute Gasteiger partial charge is 0.496 e. The molecule has 1 heterocycles. The first-order valence-corrected chi connectivity index (χ1v) is 8.06. The van der Waals surface area contributed by atoms with Gasteiger partial charge in [-0.25, -0.2) is 0 Å². The number of hydrogen-bond acceptors (Lipinski definition) is 5. The third kappa shape index (κ3) is 3.42. The summed E-state index contributed by atoms with van der Waals surface area (Å²) in [6.45, 7) is 1.78. The molecular weight excluding hydrogens is 320 g/mol. The highest BCUT2D eigenvalue weighted by Crippen LogP contribution is 2.43. The van der Waals surface area contributed by atoms with E-state index in [9.17, 15) is 5.11 Å². The van der Waals surface area contributed by atoms with Gasteiger partial charge in [-0.2, -0.15) is 0 Å². The van der Waals surface area contributed by atoms with Crippen LogP contribution in [0.25, 0.3) is 22.3 Å². The zero-order chi connectivity index (χ0) is 18.0. The zero-order valence-corrected chi connectivity index (χ0v) is 14.8. The van der Waals surface area contributed by atoms with Gasteiger partial charge in [-0.1, -0.05) is 6.07 Å². The summed E-state index contributed by atoms with van der Waals surface area (Å²) in [4.78, 5) is 0. The SMILES string of the molecule is COc1cc(OC)c(-c2cc3cc(CC(C)O)ccc3o2)c(OC)c1. The average Bonchev–Trinajstić information content (AvgIpc) is 3.02. The number of furan rings is 1. The van der Waals surface area contributed by atoms with E-state index >= 15 is 0 Å². The van der Waals surface area contributed by atoms with Gasteiger partial charge in [0.2, 0.25) is 0 Å². The van der Waals surface area contributed by atoms with Crippen molar-refractivity contribution in [3.63, 3.8) is 0 Å². The molecule has 5 nitrogen and oxygen atoms in total. The fraction of sp³-hybridized carbons (Fsp3) is 0.300. The van der Waals surface area contributed by atoms with Crippen molar-refractivity contribution in [2.45, 2.75) is 19.4 Å². The monoisotopic (exact) mass is 342 g/mol. The van der Waals surface area contributed by atoms with Crippen LogP contribution in [0.15, 0.2) is 40.8 Å². The predicted molar refractivity (Wildman–Crippen MR) is 96.7 cm³/mol. The Balaban J connectivity index is 2.12. The van der Waals surface area contributed by atoms with E-state index in [1.807, 2.05) is 24.3 Å². The second-order valence-corrected chi connectivity index (χ2v) is 5.94. The average molecular weight is 342 g/mol. The molecule has 1 aromatic heterocycles. The molecule has 0 amide bonds. The molecule has 0 aliphatic carbocycles. The van der Waals surface area contributed by atoms with Crippen molar-refractivity contribution in [2.24, 2.45) is 0 Å². The number of rotatable bonds is 6. The number of fused-ring (bicyclic) bond motifs is 1. The van der Waals surface area contributed by atoms with Crippen LogP contribution in [-0.4, -0.2) is 32.5 Å². The van der Waals surface area contributed by atoms with Gasteiger partial charge in [0.1, 0.15) is 34.2 Å². The number of benzene rings is 2. The van der Waals surface area contributed by atoms with E-state index in [4.69, 9.17) is 18.6 Å². The maximum absolute atomic E-state index is 9.58. The van der Waals surface area contributed by atoms with Gasteiger partial charge >= 0.3 is 0 Å². The Labute approximate surface area is 146 Å². The van der Waals surface area contributed by atoms with E-state index in [-0.39, 0.29) is 6.10 Å². The molecule has 0 fully saturated rings. The van der Waals surface area contributed by atoms with Crippen molar-refractivity contribution in [3.8, 4) is 28.6 Å². The van der Waals surface area contributed by atoms with Gasteiger partial charge in [-0.3, -0.25) is 0 Å². The summed E-state index contributed by atoms with van der Waals surface area (Å²) >= 11 is 0. The summed E-state index contributed by atoms with van der Waals surface area (Å²) < 4.78 is 22.3. The maximum atomic E-state index is 9.58. The molecule has 0 radical (unpaired) electrons. The summed E-state index contributed by atoms with van der Waals surface area (Å²) in [5.41, 5.74) is 2.56. The molecule has 0 saturated heterocycles. The number of aliphatic hydroxyl groups excluding tert-OH is 1. The molecule has 0 aliphatic rings. The molecule has 0 aliphatic heterocycles. The van der Waals surface area contributed by atoms with Crippen LogP contribution in [0.3, 0.4) is 0 Å². The minimum atomic E-state index is -0.384. The molecule has 0 spiro atoms. The summed E-state index contributed by atoms with van der Waals surface area (Å²) in [5.74, 6) is 2.52. The summed E-state index contributed by atoms with van der Waals surface area (Å²) in [6.07, 6.45) is 0.219. The van der Waals surface area contributed by atoms with Crippen LogP contribution in [0.1, 0.15) is 12.5 Å². The van der Waals surface area contributed by atoms with Gasteiger partial charge in [0.05, 0.1) is 27.4 Å². The lowest BCUT2D eigenvalue weighted by atomic mass is 10.1. The van der Waals surface area contributed by atoms with Crippen molar-refractivity contribution in [3.05, 3.63) is 42.0 Å². The van der Waals surface area contributed by atoms with Crippen molar-refractivity contribution in [2.75, 3.05) is 21.3 Å². The van der Waals surface area contributed by atoms with E-state index in [2.05, 4.69) is 0 Å². The van der Waals surface area contributed by atoms with Crippen molar-refractivity contribution < 1.29 is 23.7 Å². The topological polar surface area (TPSA) is 61.1 Å². The van der Waals surface area contributed by atoms with Crippen LogP contribution in [0.4, 0.5) is 0 Å². The molecule has 1 unspecified atom stereocenters. The number of ether oxygens (including phenoxy) is 3. The van der Waals surface area contributed by atoms with Crippen molar-refractivity contribution in [1.29, 1.82) is 0 Å². The van der Waals surface area contributed by atoms with Gasteiger partial charge < -0.3 is 23.7 Å². The Morgan fingerprint density at radius 3 is 2.20 bits per heavy atom. The molecule has 0 saturated carbocycles. The van der Waals surface area contributed by atoms with Crippen LogP contribution in [0.5, 0.6) is 17.2 Å². The van der Waals surface area contributed by atoms with Gasteiger partial charge in [-0.05, 0) is 37.1 Å². The Kier molecular flexibility index (Phi) is 4.86. The van der Waals surface area contributed by atoms with Crippen LogP contribution in [0.2, 0.25) is 0 Å².